The number of hydrogen-bond acceptors (Lipinski definition) is 2. The van der Waals surface area contributed by atoms with Gasteiger partial charge in [0, 0.05) is 30.9 Å². The number of rotatable bonds is 6. The molecule has 1 aromatic carbocycles. The van der Waals surface area contributed by atoms with Crippen molar-refractivity contribution in [3.63, 3.8) is 0 Å². The highest BCUT2D eigenvalue weighted by Gasteiger charge is 2.21. The smallest absolute Gasteiger partial charge is 0.225 e. The van der Waals surface area contributed by atoms with Crippen LogP contribution in [0, 0.1) is 17.6 Å². The summed E-state index contributed by atoms with van der Waals surface area (Å²) in [6.07, 6.45) is 3.42. The summed E-state index contributed by atoms with van der Waals surface area (Å²) in [5.41, 5.74) is 0.638. The Bertz CT molecular complexity index is 710. The SMILES string of the molecule is CC(C)C(=O)N(Cc1nccn1Cc1ccc(F)c(F)c1)C(C)C. The van der Waals surface area contributed by atoms with Crippen molar-refractivity contribution in [2.75, 3.05) is 0 Å². The molecule has 0 unspecified atom stereocenters. The molecule has 0 saturated carbocycles. The van der Waals surface area contributed by atoms with E-state index in [1.165, 1.54) is 6.07 Å². The minimum Gasteiger partial charge on any atom is -0.333 e. The fourth-order valence-corrected chi connectivity index (χ4v) is 2.47. The number of amides is 1. The van der Waals surface area contributed by atoms with Crippen molar-refractivity contribution in [1.29, 1.82) is 0 Å². The Hall–Kier alpha value is -2.24. The van der Waals surface area contributed by atoms with Gasteiger partial charge in [0.25, 0.3) is 0 Å². The molecule has 0 aliphatic heterocycles. The quantitative estimate of drug-likeness (QED) is 0.809. The molecule has 0 aliphatic carbocycles. The lowest BCUT2D eigenvalue weighted by Gasteiger charge is -2.28. The molecule has 4 nitrogen and oxygen atoms in total. The first-order valence-electron chi connectivity index (χ1n) is 8.04. The van der Waals surface area contributed by atoms with Gasteiger partial charge in [-0.3, -0.25) is 4.79 Å². The van der Waals surface area contributed by atoms with Crippen LogP contribution < -0.4 is 0 Å². The molecule has 0 spiro atoms. The fraction of sp³-hybridized carbons (Fsp3) is 0.444. The van der Waals surface area contributed by atoms with E-state index in [1.54, 1.807) is 23.4 Å². The maximum Gasteiger partial charge on any atom is 0.225 e. The van der Waals surface area contributed by atoms with Gasteiger partial charge in [-0.1, -0.05) is 19.9 Å². The molecule has 24 heavy (non-hydrogen) atoms. The minimum absolute atomic E-state index is 0.0494. The third kappa shape index (κ3) is 4.19. The van der Waals surface area contributed by atoms with Crippen molar-refractivity contribution in [2.45, 2.75) is 46.8 Å². The second kappa shape index (κ2) is 7.55. The number of carbonyl (C=O) groups is 1. The van der Waals surface area contributed by atoms with E-state index in [2.05, 4.69) is 4.98 Å². The highest BCUT2D eigenvalue weighted by molar-refractivity contribution is 5.78. The summed E-state index contributed by atoms with van der Waals surface area (Å²) in [5, 5.41) is 0. The number of carbonyl (C=O) groups excluding carboxylic acids is 1. The summed E-state index contributed by atoms with van der Waals surface area (Å²) in [6.45, 7) is 8.41. The van der Waals surface area contributed by atoms with Crippen LogP contribution in [0.5, 0.6) is 0 Å². The van der Waals surface area contributed by atoms with Gasteiger partial charge < -0.3 is 9.47 Å². The van der Waals surface area contributed by atoms with Crippen LogP contribution in [0.3, 0.4) is 0 Å². The lowest BCUT2D eigenvalue weighted by Crippen LogP contribution is -2.39. The molecule has 0 radical (unpaired) electrons. The van der Waals surface area contributed by atoms with Gasteiger partial charge in [-0.25, -0.2) is 13.8 Å². The molecule has 1 aromatic heterocycles. The number of benzene rings is 1. The van der Waals surface area contributed by atoms with Crippen LogP contribution in [0.4, 0.5) is 8.78 Å². The van der Waals surface area contributed by atoms with E-state index in [4.69, 9.17) is 0 Å². The topological polar surface area (TPSA) is 38.1 Å². The predicted octanol–water partition coefficient (Wildman–Crippen LogP) is 3.60. The third-order valence-corrected chi connectivity index (χ3v) is 3.85. The second-order valence-electron chi connectivity index (χ2n) is 6.43. The van der Waals surface area contributed by atoms with Crippen molar-refractivity contribution < 1.29 is 13.6 Å². The van der Waals surface area contributed by atoms with Crippen molar-refractivity contribution in [3.05, 3.63) is 53.6 Å². The first-order valence-corrected chi connectivity index (χ1v) is 8.04. The molecule has 2 rings (SSSR count). The molecule has 0 saturated heterocycles. The molecule has 2 aromatic rings. The zero-order valence-corrected chi connectivity index (χ0v) is 14.5. The molecule has 0 N–H and O–H groups in total. The van der Waals surface area contributed by atoms with Gasteiger partial charge in [-0.2, -0.15) is 0 Å². The number of halogens is 2. The molecule has 1 heterocycles. The summed E-state index contributed by atoms with van der Waals surface area (Å²) >= 11 is 0. The monoisotopic (exact) mass is 335 g/mol. The fourth-order valence-electron chi connectivity index (χ4n) is 2.47. The van der Waals surface area contributed by atoms with Crippen LogP contribution in [0.15, 0.2) is 30.6 Å². The van der Waals surface area contributed by atoms with Gasteiger partial charge in [0.05, 0.1) is 6.54 Å². The first-order chi connectivity index (χ1) is 11.3. The van der Waals surface area contributed by atoms with Crippen molar-refractivity contribution in [2.24, 2.45) is 5.92 Å². The molecule has 0 aliphatic rings. The summed E-state index contributed by atoms with van der Waals surface area (Å²) in [7, 11) is 0. The Morgan fingerprint density at radius 1 is 1.21 bits per heavy atom. The van der Waals surface area contributed by atoms with E-state index in [9.17, 15) is 13.6 Å². The maximum absolute atomic E-state index is 13.4. The molecule has 1 amide bonds. The molecule has 130 valence electrons. The first kappa shape index (κ1) is 18.1. The van der Waals surface area contributed by atoms with Crippen LogP contribution in [-0.4, -0.2) is 26.4 Å². The van der Waals surface area contributed by atoms with Crippen LogP contribution in [0.25, 0.3) is 0 Å². The Labute approximate surface area is 141 Å². The van der Waals surface area contributed by atoms with Gasteiger partial charge in [0.2, 0.25) is 5.91 Å². The summed E-state index contributed by atoms with van der Waals surface area (Å²) in [6, 6.07) is 3.89. The van der Waals surface area contributed by atoms with Gasteiger partial charge in [0.15, 0.2) is 11.6 Å². The summed E-state index contributed by atoms with van der Waals surface area (Å²) in [5.74, 6) is -1.05. The van der Waals surface area contributed by atoms with Crippen molar-refractivity contribution in [3.8, 4) is 0 Å². The van der Waals surface area contributed by atoms with Crippen LogP contribution >= 0.6 is 0 Å². The Kier molecular flexibility index (Phi) is 5.70. The molecule has 6 heteroatoms. The molecule has 0 bridgehead atoms. The van der Waals surface area contributed by atoms with E-state index in [-0.39, 0.29) is 17.9 Å². The van der Waals surface area contributed by atoms with Crippen LogP contribution in [-0.2, 0) is 17.9 Å². The Balaban J connectivity index is 2.19. The average molecular weight is 335 g/mol. The summed E-state index contributed by atoms with van der Waals surface area (Å²) in [4.78, 5) is 18.5. The second-order valence-corrected chi connectivity index (χ2v) is 6.43. The van der Waals surface area contributed by atoms with Gasteiger partial charge in [-0.15, -0.1) is 0 Å². The molecule has 0 fully saturated rings. The van der Waals surface area contributed by atoms with Crippen LogP contribution in [0.1, 0.15) is 39.1 Å². The predicted molar refractivity (Wildman–Crippen MR) is 88.2 cm³/mol. The van der Waals surface area contributed by atoms with Crippen molar-refractivity contribution >= 4 is 5.91 Å². The standard InChI is InChI=1S/C18H23F2N3O/c1-12(2)18(24)23(13(3)4)11-17-21-7-8-22(17)10-14-5-6-15(19)16(20)9-14/h5-9,12-13H,10-11H2,1-4H3. The summed E-state index contributed by atoms with van der Waals surface area (Å²) < 4.78 is 28.3. The average Bonchev–Trinajstić information content (AvgIpc) is 2.94. The normalized spacial score (nSPS) is 11.3. The molecular formula is C18H23F2N3O. The number of nitrogens with zero attached hydrogens (tertiary/aromatic N) is 3. The number of hydrogen-bond donors (Lipinski definition) is 0. The van der Waals surface area contributed by atoms with Gasteiger partial charge in [-0.05, 0) is 31.5 Å². The molecular weight excluding hydrogens is 312 g/mol. The Morgan fingerprint density at radius 3 is 2.50 bits per heavy atom. The van der Waals surface area contributed by atoms with E-state index >= 15 is 0 Å². The van der Waals surface area contributed by atoms with E-state index in [0.717, 1.165) is 6.07 Å². The van der Waals surface area contributed by atoms with E-state index in [1.807, 2.05) is 32.3 Å². The zero-order chi connectivity index (χ0) is 17.9. The zero-order valence-electron chi connectivity index (χ0n) is 14.5. The number of aromatic nitrogens is 2. The van der Waals surface area contributed by atoms with Crippen LogP contribution in [0.2, 0.25) is 0 Å². The van der Waals surface area contributed by atoms with Gasteiger partial charge >= 0.3 is 0 Å². The highest BCUT2D eigenvalue weighted by Crippen LogP contribution is 2.14. The number of imidazole rings is 1. The van der Waals surface area contributed by atoms with E-state index < -0.39 is 11.6 Å². The third-order valence-electron chi connectivity index (χ3n) is 3.85. The van der Waals surface area contributed by atoms with E-state index in [0.29, 0.717) is 24.5 Å². The lowest BCUT2D eigenvalue weighted by atomic mass is 10.1. The minimum atomic E-state index is -0.868. The largest absolute Gasteiger partial charge is 0.333 e. The maximum atomic E-state index is 13.4. The molecule has 0 atom stereocenters. The lowest BCUT2D eigenvalue weighted by molar-refractivity contribution is -0.137. The Morgan fingerprint density at radius 2 is 1.92 bits per heavy atom. The van der Waals surface area contributed by atoms with Crippen molar-refractivity contribution in [1.82, 2.24) is 14.5 Å². The highest BCUT2D eigenvalue weighted by atomic mass is 19.2. The van der Waals surface area contributed by atoms with Gasteiger partial charge in [0.1, 0.15) is 5.82 Å².